The first-order valence-electron chi connectivity index (χ1n) is 8.98. The number of thiophene rings is 1. The average molecular weight is 357 g/mol. The van der Waals surface area contributed by atoms with Gasteiger partial charge in [-0.25, -0.2) is 0 Å². The molecular formula is C19H23N3O2S. The second-order valence-corrected chi connectivity index (χ2v) is 7.66. The highest BCUT2D eigenvalue weighted by atomic mass is 32.1. The van der Waals surface area contributed by atoms with E-state index in [2.05, 4.69) is 26.6 Å². The molecule has 132 valence electrons. The summed E-state index contributed by atoms with van der Waals surface area (Å²) in [5.74, 6) is 1.29. The molecule has 0 spiro atoms. The molecule has 0 saturated carbocycles. The molecule has 0 fully saturated rings. The number of fused-ring (bicyclic) bond motifs is 2. The van der Waals surface area contributed by atoms with Gasteiger partial charge in [-0.2, -0.15) is 4.98 Å². The van der Waals surface area contributed by atoms with Gasteiger partial charge in [0.1, 0.15) is 5.82 Å². The van der Waals surface area contributed by atoms with Gasteiger partial charge in [0, 0.05) is 30.5 Å². The molecule has 0 aromatic carbocycles. The van der Waals surface area contributed by atoms with Crippen LogP contribution in [0.25, 0.3) is 0 Å². The number of ether oxygens (including phenoxy) is 1. The van der Waals surface area contributed by atoms with E-state index >= 15 is 0 Å². The molecule has 1 amide bonds. The van der Waals surface area contributed by atoms with Crippen molar-refractivity contribution in [3.8, 4) is 5.88 Å². The molecule has 0 saturated heterocycles. The molecule has 0 aliphatic carbocycles. The topological polar surface area (TPSA) is 54.5 Å². The van der Waals surface area contributed by atoms with Gasteiger partial charge in [-0.05, 0) is 60.9 Å². The molecule has 4 rings (SSSR count). The number of anilines is 1. The van der Waals surface area contributed by atoms with Crippen molar-refractivity contribution in [3.05, 3.63) is 39.6 Å². The smallest absolute Gasteiger partial charge is 0.225 e. The molecule has 2 aromatic rings. The maximum Gasteiger partial charge on any atom is 0.225 e. The van der Waals surface area contributed by atoms with Gasteiger partial charge in [0.05, 0.1) is 6.61 Å². The minimum atomic E-state index is 0.0347. The molecule has 6 heteroatoms. The summed E-state index contributed by atoms with van der Waals surface area (Å²) in [6.07, 6.45) is 4.63. The summed E-state index contributed by atoms with van der Waals surface area (Å²) in [5, 5.41) is 5.02. The van der Waals surface area contributed by atoms with E-state index in [-0.39, 0.29) is 5.91 Å². The second-order valence-electron chi connectivity index (χ2n) is 6.66. The van der Waals surface area contributed by atoms with Crippen LogP contribution in [0.3, 0.4) is 0 Å². The number of rotatable bonds is 6. The molecule has 1 N–H and O–H groups in total. The van der Waals surface area contributed by atoms with Crippen molar-refractivity contribution in [1.29, 1.82) is 0 Å². The first-order chi connectivity index (χ1) is 12.3. The normalized spacial score (nSPS) is 16.9. The van der Waals surface area contributed by atoms with E-state index in [4.69, 9.17) is 4.74 Å². The van der Waals surface area contributed by atoms with Crippen LogP contribution < -0.4 is 10.1 Å². The van der Waals surface area contributed by atoms with Crippen LogP contribution in [0.1, 0.15) is 35.3 Å². The van der Waals surface area contributed by atoms with Crippen LogP contribution in [0.5, 0.6) is 5.88 Å². The lowest BCUT2D eigenvalue weighted by atomic mass is 10.1. The van der Waals surface area contributed by atoms with E-state index in [0.717, 1.165) is 37.9 Å². The summed E-state index contributed by atoms with van der Waals surface area (Å²) in [4.78, 5) is 19.9. The molecule has 4 heterocycles. The van der Waals surface area contributed by atoms with Crippen LogP contribution in [0.4, 0.5) is 5.82 Å². The second kappa shape index (κ2) is 7.54. The third kappa shape index (κ3) is 4.02. The number of hydrogen-bond donors (Lipinski definition) is 1. The number of carbonyl (C=O) groups is 1. The lowest BCUT2D eigenvalue weighted by Gasteiger charge is -2.26. The number of nitrogens with one attached hydrogen (secondary N) is 1. The van der Waals surface area contributed by atoms with Gasteiger partial charge in [-0.1, -0.05) is 0 Å². The van der Waals surface area contributed by atoms with Crippen molar-refractivity contribution in [2.24, 2.45) is 0 Å². The molecule has 2 aromatic heterocycles. The van der Waals surface area contributed by atoms with Gasteiger partial charge in [0.2, 0.25) is 11.8 Å². The molecule has 25 heavy (non-hydrogen) atoms. The molecule has 0 atom stereocenters. The highest BCUT2D eigenvalue weighted by Crippen LogP contribution is 2.25. The highest BCUT2D eigenvalue weighted by molar-refractivity contribution is 7.10. The molecule has 5 nitrogen and oxygen atoms in total. The van der Waals surface area contributed by atoms with Crippen molar-refractivity contribution in [2.75, 3.05) is 25.0 Å². The van der Waals surface area contributed by atoms with Gasteiger partial charge in [0.15, 0.2) is 0 Å². The Balaban J connectivity index is 1.19. The largest absolute Gasteiger partial charge is 0.478 e. The zero-order valence-corrected chi connectivity index (χ0v) is 15.1. The summed E-state index contributed by atoms with van der Waals surface area (Å²) in [6.45, 7) is 4.04. The third-order valence-corrected chi connectivity index (χ3v) is 5.86. The lowest BCUT2D eigenvalue weighted by molar-refractivity contribution is -0.116. The van der Waals surface area contributed by atoms with Crippen molar-refractivity contribution in [1.82, 2.24) is 9.88 Å². The standard InChI is InChI=1S/C19H23N3O2S/c23-17-5-3-14-4-6-18(21-19(14)20-17)24-11-2-1-9-22-10-7-16-15(13-22)8-12-25-16/h4,6,8,12H,1-3,5,7,9-11,13H2,(H,20,21,23). The summed E-state index contributed by atoms with van der Waals surface area (Å²) >= 11 is 1.89. The van der Waals surface area contributed by atoms with E-state index in [1.165, 1.54) is 18.5 Å². The molecule has 2 aliphatic rings. The average Bonchev–Trinajstić information content (AvgIpc) is 3.09. The van der Waals surface area contributed by atoms with Crippen LogP contribution in [0, 0.1) is 0 Å². The first kappa shape index (κ1) is 16.5. The fourth-order valence-electron chi connectivity index (χ4n) is 3.42. The van der Waals surface area contributed by atoms with E-state index in [1.54, 1.807) is 4.88 Å². The van der Waals surface area contributed by atoms with Crippen molar-refractivity contribution >= 4 is 23.1 Å². The van der Waals surface area contributed by atoms with Gasteiger partial charge >= 0.3 is 0 Å². The van der Waals surface area contributed by atoms with E-state index in [1.807, 2.05) is 23.5 Å². The molecule has 0 radical (unpaired) electrons. The number of aryl methyl sites for hydroxylation is 1. The molecular weight excluding hydrogens is 334 g/mol. The predicted molar refractivity (Wildman–Crippen MR) is 99.2 cm³/mol. The molecule has 0 bridgehead atoms. The van der Waals surface area contributed by atoms with Crippen LogP contribution in [0.15, 0.2) is 23.6 Å². The molecule has 0 unspecified atom stereocenters. The zero-order valence-electron chi connectivity index (χ0n) is 14.3. The number of hydrogen-bond acceptors (Lipinski definition) is 5. The summed E-state index contributed by atoms with van der Waals surface area (Å²) in [7, 11) is 0. The monoisotopic (exact) mass is 357 g/mol. The van der Waals surface area contributed by atoms with Gasteiger partial charge in [-0.15, -0.1) is 11.3 Å². The SMILES string of the molecule is O=C1CCc2ccc(OCCCCN3CCc4sccc4C3)nc2N1. The van der Waals surface area contributed by atoms with Gasteiger partial charge in [0.25, 0.3) is 0 Å². The lowest BCUT2D eigenvalue weighted by Crippen LogP contribution is -2.30. The van der Waals surface area contributed by atoms with E-state index in [0.29, 0.717) is 24.7 Å². The Labute approximate surface area is 152 Å². The fourth-order valence-corrected chi connectivity index (χ4v) is 4.30. The quantitative estimate of drug-likeness (QED) is 0.807. The summed E-state index contributed by atoms with van der Waals surface area (Å²) < 4.78 is 5.76. The van der Waals surface area contributed by atoms with Crippen LogP contribution in [-0.2, 0) is 24.2 Å². The Morgan fingerprint density at radius 2 is 2.12 bits per heavy atom. The van der Waals surface area contributed by atoms with Gasteiger partial charge < -0.3 is 10.1 Å². The third-order valence-electron chi connectivity index (χ3n) is 4.84. The van der Waals surface area contributed by atoms with Crippen LogP contribution >= 0.6 is 11.3 Å². The Morgan fingerprint density at radius 3 is 3.08 bits per heavy atom. The van der Waals surface area contributed by atoms with Crippen molar-refractivity contribution in [3.63, 3.8) is 0 Å². The van der Waals surface area contributed by atoms with Crippen molar-refractivity contribution in [2.45, 2.75) is 38.6 Å². The molecule has 2 aliphatic heterocycles. The summed E-state index contributed by atoms with van der Waals surface area (Å²) in [5.41, 5.74) is 2.60. The minimum absolute atomic E-state index is 0.0347. The predicted octanol–water partition coefficient (Wildman–Crippen LogP) is 3.25. The Bertz CT molecular complexity index is 759. The fraction of sp³-hybridized carbons (Fsp3) is 0.474. The summed E-state index contributed by atoms with van der Waals surface area (Å²) in [6, 6.07) is 6.16. The number of nitrogens with zero attached hydrogens (tertiary/aromatic N) is 2. The Morgan fingerprint density at radius 1 is 1.16 bits per heavy atom. The van der Waals surface area contributed by atoms with Crippen molar-refractivity contribution < 1.29 is 9.53 Å². The maximum atomic E-state index is 11.5. The number of unbranched alkanes of at least 4 members (excludes halogenated alkanes) is 1. The van der Waals surface area contributed by atoms with Crippen LogP contribution in [-0.4, -0.2) is 35.5 Å². The number of aromatic nitrogens is 1. The van der Waals surface area contributed by atoms with E-state index < -0.39 is 0 Å². The number of carbonyl (C=O) groups excluding carboxylic acids is 1. The highest BCUT2D eigenvalue weighted by Gasteiger charge is 2.17. The maximum absolute atomic E-state index is 11.5. The first-order valence-corrected chi connectivity index (χ1v) is 9.86. The van der Waals surface area contributed by atoms with Gasteiger partial charge in [-0.3, -0.25) is 9.69 Å². The number of amides is 1. The Kier molecular flexibility index (Phi) is 4.99. The zero-order chi connectivity index (χ0) is 17.1. The van der Waals surface area contributed by atoms with Crippen LogP contribution in [0.2, 0.25) is 0 Å². The van der Waals surface area contributed by atoms with E-state index in [9.17, 15) is 4.79 Å². The number of pyridine rings is 1. The Hall–Kier alpha value is -1.92. The minimum Gasteiger partial charge on any atom is -0.478 e.